The molecular formula is C18H22N2O4. The smallest absolute Gasteiger partial charge is 0.344 e. The summed E-state index contributed by atoms with van der Waals surface area (Å²) in [5, 5.41) is 6.50. The Hall–Kier alpha value is -2.63. The first-order valence-corrected chi connectivity index (χ1v) is 7.92. The first-order valence-electron chi connectivity index (χ1n) is 7.92. The Kier molecular flexibility index (Phi) is 5.73. The highest BCUT2D eigenvalue weighted by Gasteiger charge is 2.20. The Morgan fingerprint density at radius 1 is 1.29 bits per heavy atom. The average Bonchev–Trinajstić information content (AvgIpc) is 2.91. The fraction of sp³-hybridized carbons (Fsp3) is 0.389. The maximum atomic E-state index is 12.1. The molecule has 0 saturated heterocycles. The molecule has 0 fully saturated rings. The zero-order valence-corrected chi connectivity index (χ0v) is 14.4. The van der Waals surface area contributed by atoms with Gasteiger partial charge in [-0.05, 0) is 37.8 Å². The van der Waals surface area contributed by atoms with Gasteiger partial charge < -0.3 is 14.6 Å². The van der Waals surface area contributed by atoms with Crippen molar-refractivity contribution >= 4 is 17.6 Å². The van der Waals surface area contributed by atoms with Crippen molar-refractivity contribution in [3.63, 3.8) is 0 Å². The van der Waals surface area contributed by atoms with Crippen LogP contribution in [-0.4, -0.2) is 23.6 Å². The molecule has 6 heteroatoms. The van der Waals surface area contributed by atoms with Crippen LogP contribution in [0.2, 0.25) is 0 Å². The maximum Gasteiger partial charge on any atom is 0.344 e. The summed E-state index contributed by atoms with van der Waals surface area (Å²) in [6.07, 6.45) is 0.966. The Labute approximate surface area is 141 Å². The molecule has 1 amide bonds. The molecule has 0 radical (unpaired) electrons. The zero-order valence-electron chi connectivity index (χ0n) is 14.4. The van der Waals surface area contributed by atoms with Crippen LogP contribution in [0.3, 0.4) is 0 Å². The van der Waals surface area contributed by atoms with Crippen LogP contribution in [0, 0.1) is 13.8 Å². The molecule has 1 heterocycles. The van der Waals surface area contributed by atoms with E-state index in [1.165, 1.54) is 0 Å². The molecule has 6 nitrogen and oxygen atoms in total. The molecule has 0 aliphatic rings. The SMILES string of the molecule is CC[C@@H](C)c1ccccc1NC(=O)COC(=O)c1c(C)noc1C. The predicted molar refractivity (Wildman–Crippen MR) is 90.0 cm³/mol. The summed E-state index contributed by atoms with van der Waals surface area (Å²) in [7, 11) is 0. The summed E-state index contributed by atoms with van der Waals surface area (Å²) >= 11 is 0. The fourth-order valence-electron chi connectivity index (χ4n) is 2.42. The van der Waals surface area contributed by atoms with Crippen molar-refractivity contribution in [2.75, 3.05) is 11.9 Å². The maximum absolute atomic E-state index is 12.1. The van der Waals surface area contributed by atoms with E-state index in [9.17, 15) is 9.59 Å². The Morgan fingerprint density at radius 2 is 2.00 bits per heavy atom. The van der Waals surface area contributed by atoms with Crippen molar-refractivity contribution in [1.29, 1.82) is 0 Å². The van der Waals surface area contributed by atoms with E-state index in [0.717, 1.165) is 17.7 Å². The van der Waals surface area contributed by atoms with Gasteiger partial charge in [0.2, 0.25) is 0 Å². The van der Waals surface area contributed by atoms with Gasteiger partial charge in [0.15, 0.2) is 6.61 Å². The molecule has 2 rings (SSSR count). The van der Waals surface area contributed by atoms with Crippen LogP contribution in [0.1, 0.15) is 53.6 Å². The van der Waals surface area contributed by atoms with E-state index in [1.54, 1.807) is 13.8 Å². The van der Waals surface area contributed by atoms with Gasteiger partial charge in [-0.3, -0.25) is 4.79 Å². The Balaban J connectivity index is 1.98. The highest BCUT2D eigenvalue weighted by atomic mass is 16.5. The van der Waals surface area contributed by atoms with Gasteiger partial charge >= 0.3 is 5.97 Å². The second kappa shape index (κ2) is 7.77. The number of carbonyl (C=O) groups is 2. The van der Waals surface area contributed by atoms with Gasteiger partial charge in [0.1, 0.15) is 11.3 Å². The third kappa shape index (κ3) is 4.01. The van der Waals surface area contributed by atoms with Crippen LogP contribution in [0.25, 0.3) is 0 Å². The van der Waals surface area contributed by atoms with Crippen LogP contribution in [-0.2, 0) is 9.53 Å². The van der Waals surface area contributed by atoms with Gasteiger partial charge in [-0.2, -0.15) is 0 Å². The number of carbonyl (C=O) groups excluding carboxylic acids is 2. The normalized spacial score (nSPS) is 11.8. The monoisotopic (exact) mass is 330 g/mol. The summed E-state index contributed by atoms with van der Waals surface area (Å²) in [5.74, 6) is -0.297. The van der Waals surface area contributed by atoms with Crippen LogP contribution in [0.5, 0.6) is 0 Å². The summed E-state index contributed by atoms with van der Waals surface area (Å²) < 4.78 is 9.98. The lowest BCUT2D eigenvalue weighted by atomic mass is 9.97. The van der Waals surface area contributed by atoms with Gasteiger partial charge in [0.25, 0.3) is 5.91 Å². The number of anilines is 1. The van der Waals surface area contributed by atoms with Crippen LogP contribution >= 0.6 is 0 Å². The lowest BCUT2D eigenvalue weighted by Gasteiger charge is -2.15. The number of rotatable bonds is 6. The van der Waals surface area contributed by atoms with Gasteiger partial charge in [0.05, 0.1) is 5.69 Å². The molecule has 1 aromatic carbocycles. The van der Waals surface area contributed by atoms with Gasteiger partial charge in [-0.25, -0.2) is 4.79 Å². The molecule has 0 spiro atoms. The molecule has 0 saturated carbocycles. The third-order valence-corrected chi connectivity index (χ3v) is 3.95. The molecule has 1 aromatic heterocycles. The summed E-state index contributed by atoms with van der Waals surface area (Å²) in [4.78, 5) is 24.1. The van der Waals surface area contributed by atoms with Crippen molar-refractivity contribution in [3.8, 4) is 0 Å². The number of esters is 1. The molecule has 0 bridgehead atoms. The van der Waals surface area contributed by atoms with Crippen molar-refractivity contribution in [2.45, 2.75) is 40.0 Å². The second-order valence-electron chi connectivity index (χ2n) is 5.72. The number of amides is 1. The molecular weight excluding hydrogens is 308 g/mol. The van der Waals surface area contributed by atoms with E-state index >= 15 is 0 Å². The van der Waals surface area contributed by atoms with E-state index in [4.69, 9.17) is 9.26 Å². The molecule has 0 aliphatic carbocycles. The molecule has 1 atom stereocenters. The van der Waals surface area contributed by atoms with Crippen LogP contribution in [0.15, 0.2) is 28.8 Å². The molecule has 0 unspecified atom stereocenters. The number of para-hydroxylation sites is 1. The molecule has 24 heavy (non-hydrogen) atoms. The van der Waals surface area contributed by atoms with E-state index in [2.05, 4.69) is 24.3 Å². The third-order valence-electron chi connectivity index (χ3n) is 3.95. The van der Waals surface area contributed by atoms with Crippen molar-refractivity contribution in [3.05, 3.63) is 46.8 Å². The minimum atomic E-state index is -0.614. The van der Waals surface area contributed by atoms with Gasteiger partial charge in [-0.1, -0.05) is 37.2 Å². The van der Waals surface area contributed by atoms with Crippen molar-refractivity contribution in [1.82, 2.24) is 5.16 Å². The first-order chi connectivity index (χ1) is 11.4. The average molecular weight is 330 g/mol. The van der Waals surface area contributed by atoms with E-state index in [0.29, 0.717) is 17.4 Å². The number of benzene rings is 1. The lowest BCUT2D eigenvalue weighted by Crippen LogP contribution is -2.22. The van der Waals surface area contributed by atoms with Gasteiger partial charge in [-0.15, -0.1) is 0 Å². The number of nitrogens with zero attached hydrogens (tertiary/aromatic N) is 1. The topological polar surface area (TPSA) is 81.4 Å². The first kappa shape index (κ1) is 17.7. The number of nitrogens with one attached hydrogen (secondary N) is 1. The quantitative estimate of drug-likeness (QED) is 0.818. The standard InChI is InChI=1S/C18H22N2O4/c1-5-11(2)14-8-6-7-9-15(14)19-16(21)10-23-18(22)17-12(3)20-24-13(17)4/h6-9,11H,5,10H2,1-4H3,(H,19,21)/t11-/m1/s1. The van der Waals surface area contributed by atoms with Gasteiger partial charge in [0, 0.05) is 5.69 Å². The summed E-state index contributed by atoms with van der Waals surface area (Å²) in [6.45, 7) is 7.10. The minimum Gasteiger partial charge on any atom is -0.452 e. The van der Waals surface area contributed by atoms with Crippen LogP contribution < -0.4 is 5.32 Å². The van der Waals surface area contributed by atoms with Crippen molar-refractivity contribution < 1.29 is 18.8 Å². The van der Waals surface area contributed by atoms with E-state index in [-0.39, 0.29) is 18.1 Å². The number of hydrogen-bond acceptors (Lipinski definition) is 5. The molecule has 128 valence electrons. The molecule has 0 aliphatic heterocycles. The number of ether oxygens (including phenoxy) is 1. The Morgan fingerprint density at radius 3 is 2.62 bits per heavy atom. The van der Waals surface area contributed by atoms with Crippen molar-refractivity contribution in [2.24, 2.45) is 0 Å². The minimum absolute atomic E-state index is 0.266. The predicted octanol–water partition coefficient (Wildman–Crippen LogP) is 3.60. The fourth-order valence-corrected chi connectivity index (χ4v) is 2.42. The highest BCUT2D eigenvalue weighted by Crippen LogP contribution is 2.26. The highest BCUT2D eigenvalue weighted by molar-refractivity contribution is 5.96. The van der Waals surface area contributed by atoms with E-state index in [1.807, 2.05) is 24.3 Å². The lowest BCUT2D eigenvalue weighted by molar-refractivity contribution is -0.119. The number of hydrogen-bond donors (Lipinski definition) is 1. The largest absolute Gasteiger partial charge is 0.452 e. The summed E-state index contributed by atoms with van der Waals surface area (Å²) in [5.41, 5.74) is 2.51. The molecule has 1 N–H and O–H groups in total. The zero-order chi connectivity index (χ0) is 17.7. The number of aromatic nitrogens is 1. The number of aryl methyl sites for hydroxylation is 2. The molecule has 2 aromatic rings. The van der Waals surface area contributed by atoms with E-state index < -0.39 is 5.97 Å². The second-order valence-corrected chi connectivity index (χ2v) is 5.72. The van der Waals surface area contributed by atoms with Crippen LogP contribution in [0.4, 0.5) is 5.69 Å². The summed E-state index contributed by atoms with van der Waals surface area (Å²) in [6, 6.07) is 7.63. The Bertz CT molecular complexity index is 717.